The normalized spacial score (nSPS) is 10.9. The molecule has 6 nitrogen and oxygen atoms in total. The second kappa shape index (κ2) is 10.4. The summed E-state index contributed by atoms with van der Waals surface area (Å²) in [5.74, 6) is 0.402. The fraction of sp³-hybridized carbons (Fsp3) is 0.240. The van der Waals surface area contributed by atoms with E-state index in [0.717, 1.165) is 40.5 Å². The van der Waals surface area contributed by atoms with Gasteiger partial charge in [-0.3, -0.25) is 9.89 Å². The summed E-state index contributed by atoms with van der Waals surface area (Å²) in [6, 6.07) is 15.4. The number of hydrogen-bond donors (Lipinski definition) is 1. The van der Waals surface area contributed by atoms with Crippen LogP contribution >= 0.6 is 11.3 Å². The van der Waals surface area contributed by atoms with E-state index >= 15 is 0 Å². The van der Waals surface area contributed by atoms with Crippen molar-refractivity contribution >= 4 is 17.2 Å². The minimum absolute atomic E-state index is 0.0340. The molecule has 0 atom stereocenters. The smallest absolute Gasteiger partial charge is 0.253 e. The molecular weight excluding hydrogens is 439 g/mol. The summed E-state index contributed by atoms with van der Waals surface area (Å²) in [6.45, 7) is 2.99. The zero-order valence-corrected chi connectivity index (χ0v) is 19.4. The van der Waals surface area contributed by atoms with E-state index in [2.05, 4.69) is 15.2 Å². The zero-order chi connectivity index (χ0) is 23.2. The number of aromatic amines is 1. The molecule has 1 N–H and O–H groups in total. The van der Waals surface area contributed by atoms with Crippen LogP contribution in [0.4, 0.5) is 4.39 Å². The molecule has 170 valence electrons. The fourth-order valence-electron chi connectivity index (χ4n) is 3.41. The second-order valence-electron chi connectivity index (χ2n) is 7.79. The van der Waals surface area contributed by atoms with Crippen molar-refractivity contribution in [1.29, 1.82) is 0 Å². The standard InChI is InChI=1S/C25H25FN4O2S/c1-17-27-22(16-33-17)15-32-23-11-7-19(8-12-23)25(31)30(2)13-3-4-21-14-24(29-28-21)18-5-9-20(26)10-6-18/h5-12,14,16H,3-4,13,15H2,1-2H3,(H,28,29). The minimum Gasteiger partial charge on any atom is -0.487 e. The lowest BCUT2D eigenvalue weighted by atomic mass is 10.1. The molecule has 0 saturated carbocycles. The molecule has 2 heterocycles. The molecule has 33 heavy (non-hydrogen) atoms. The van der Waals surface area contributed by atoms with Crippen LogP contribution in [0.15, 0.2) is 60.0 Å². The number of rotatable bonds is 9. The summed E-state index contributed by atoms with van der Waals surface area (Å²) < 4.78 is 18.8. The molecule has 0 aliphatic rings. The first-order valence-corrected chi connectivity index (χ1v) is 11.6. The van der Waals surface area contributed by atoms with Crippen molar-refractivity contribution in [2.75, 3.05) is 13.6 Å². The Hall–Kier alpha value is -3.52. The highest BCUT2D eigenvalue weighted by molar-refractivity contribution is 7.09. The summed E-state index contributed by atoms with van der Waals surface area (Å²) in [7, 11) is 1.80. The van der Waals surface area contributed by atoms with E-state index in [9.17, 15) is 9.18 Å². The number of carbonyl (C=O) groups is 1. The van der Waals surface area contributed by atoms with Crippen LogP contribution in [0, 0.1) is 12.7 Å². The van der Waals surface area contributed by atoms with E-state index in [1.807, 2.05) is 30.5 Å². The third-order valence-corrected chi connectivity index (χ3v) is 6.03. The van der Waals surface area contributed by atoms with Gasteiger partial charge in [0.25, 0.3) is 5.91 Å². The van der Waals surface area contributed by atoms with E-state index in [1.54, 1.807) is 47.5 Å². The van der Waals surface area contributed by atoms with Crippen molar-refractivity contribution in [3.63, 3.8) is 0 Å². The largest absolute Gasteiger partial charge is 0.487 e. The Morgan fingerprint density at radius 2 is 1.91 bits per heavy atom. The molecule has 0 aliphatic heterocycles. The van der Waals surface area contributed by atoms with Crippen LogP contribution in [-0.2, 0) is 13.0 Å². The fourth-order valence-corrected chi connectivity index (χ4v) is 4.01. The quantitative estimate of drug-likeness (QED) is 0.367. The number of nitrogens with zero attached hydrogens (tertiary/aromatic N) is 3. The van der Waals surface area contributed by atoms with Crippen molar-refractivity contribution in [3.05, 3.63) is 87.8 Å². The van der Waals surface area contributed by atoms with Crippen LogP contribution < -0.4 is 4.74 Å². The van der Waals surface area contributed by atoms with Gasteiger partial charge in [-0.25, -0.2) is 9.37 Å². The molecule has 8 heteroatoms. The molecule has 4 rings (SSSR count). The van der Waals surface area contributed by atoms with Gasteiger partial charge in [-0.05, 0) is 74.4 Å². The molecule has 2 aromatic carbocycles. The highest BCUT2D eigenvalue weighted by atomic mass is 32.1. The first kappa shape index (κ1) is 22.7. The molecule has 4 aromatic rings. The number of H-pyrrole nitrogens is 1. The molecule has 1 amide bonds. The van der Waals surface area contributed by atoms with Crippen LogP contribution in [0.25, 0.3) is 11.3 Å². The number of halogens is 1. The highest BCUT2D eigenvalue weighted by Crippen LogP contribution is 2.19. The molecule has 0 saturated heterocycles. The third-order valence-electron chi connectivity index (χ3n) is 5.21. The number of aromatic nitrogens is 3. The summed E-state index contributed by atoms with van der Waals surface area (Å²) in [6.07, 6.45) is 1.55. The second-order valence-corrected chi connectivity index (χ2v) is 8.85. The van der Waals surface area contributed by atoms with E-state index in [0.29, 0.717) is 24.5 Å². The van der Waals surface area contributed by atoms with E-state index in [4.69, 9.17) is 4.74 Å². The molecule has 0 spiro atoms. The van der Waals surface area contributed by atoms with Gasteiger partial charge in [-0.1, -0.05) is 0 Å². The van der Waals surface area contributed by atoms with Gasteiger partial charge in [-0.15, -0.1) is 11.3 Å². The maximum absolute atomic E-state index is 13.1. The van der Waals surface area contributed by atoms with Gasteiger partial charge in [0.1, 0.15) is 18.2 Å². The van der Waals surface area contributed by atoms with Crippen LogP contribution in [0.5, 0.6) is 5.75 Å². The van der Waals surface area contributed by atoms with E-state index < -0.39 is 0 Å². The van der Waals surface area contributed by atoms with Crippen LogP contribution in [0.2, 0.25) is 0 Å². The molecule has 0 bridgehead atoms. The van der Waals surface area contributed by atoms with Crippen molar-refractivity contribution in [2.24, 2.45) is 0 Å². The molecule has 2 aromatic heterocycles. The topological polar surface area (TPSA) is 71.1 Å². The van der Waals surface area contributed by atoms with Crippen LogP contribution in [0.3, 0.4) is 0 Å². The maximum Gasteiger partial charge on any atom is 0.253 e. The molecule has 0 fully saturated rings. The Morgan fingerprint density at radius 1 is 1.15 bits per heavy atom. The summed E-state index contributed by atoms with van der Waals surface area (Å²) in [5, 5.41) is 10.3. The summed E-state index contributed by atoms with van der Waals surface area (Å²) in [5.41, 5.74) is 4.14. The number of ether oxygens (including phenoxy) is 1. The zero-order valence-electron chi connectivity index (χ0n) is 18.5. The predicted octanol–water partition coefficient (Wildman–Crippen LogP) is 5.26. The number of aryl methyl sites for hydroxylation is 2. The lowest BCUT2D eigenvalue weighted by Crippen LogP contribution is -2.28. The number of benzene rings is 2. The number of amides is 1. The van der Waals surface area contributed by atoms with Gasteiger partial charge in [0.2, 0.25) is 0 Å². The van der Waals surface area contributed by atoms with Crippen molar-refractivity contribution in [2.45, 2.75) is 26.4 Å². The summed E-state index contributed by atoms with van der Waals surface area (Å²) in [4.78, 5) is 18.8. The number of carbonyl (C=O) groups excluding carboxylic acids is 1. The van der Waals surface area contributed by atoms with Gasteiger partial charge in [0.05, 0.1) is 16.4 Å². The van der Waals surface area contributed by atoms with Gasteiger partial charge in [-0.2, -0.15) is 5.10 Å². The number of thiazole rings is 1. The highest BCUT2D eigenvalue weighted by Gasteiger charge is 2.12. The first-order chi connectivity index (χ1) is 16.0. The van der Waals surface area contributed by atoms with E-state index in [1.165, 1.54) is 12.1 Å². The Morgan fingerprint density at radius 3 is 2.61 bits per heavy atom. The van der Waals surface area contributed by atoms with Crippen LogP contribution in [0.1, 0.15) is 33.2 Å². The van der Waals surface area contributed by atoms with Gasteiger partial charge in [0.15, 0.2) is 0 Å². The Bertz CT molecular complexity index is 1200. The van der Waals surface area contributed by atoms with Gasteiger partial charge in [0, 0.05) is 35.8 Å². The number of nitrogens with one attached hydrogen (secondary N) is 1. The molecular formula is C25H25FN4O2S. The lowest BCUT2D eigenvalue weighted by molar-refractivity contribution is 0.0793. The predicted molar refractivity (Wildman–Crippen MR) is 127 cm³/mol. The molecule has 0 unspecified atom stereocenters. The van der Waals surface area contributed by atoms with Crippen molar-refractivity contribution < 1.29 is 13.9 Å². The average Bonchev–Trinajstić information content (AvgIpc) is 3.47. The van der Waals surface area contributed by atoms with E-state index in [-0.39, 0.29) is 11.7 Å². The van der Waals surface area contributed by atoms with Crippen molar-refractivity contribution in [1.82, 2.24) is 20.1 Å². The minimum atomic E-state index is -0.268. The summed E-state index contributed by atoms with van der Waals surface area (Å²) >= 11 is 1.60. The van der Waals surface area contributed by atoms with Gasteiger partial charge < -0.3 is 9.64 Å². The molecule has 0 aliphatic carbocycles. The Kier molecular flexibility index (Phi) is 7.14. The van der Waals surface area contributed by atoms with Crippen molar-refractivity contribution in [3.8, 4) is 17.0 Å². The monoisotopic (exact) mass is 464 g/mol. The van der Waals surface area contributed by atoms with Gasteiger partial charge >= 0.3 is 0 Å². The number of hydrogen-bond acceptors (Lipinski definition) is 5. The SMILES string of the molecule is Cc1nc(COc2ccc(C(=O)N(C)CCCc3cc(-c4ccc(F)cc4)n[nH]3)cc2)cs1. The molecule has 0 radical (unpaired) electrons. The first-order valence-electron chi connectivity index (χ1n) is 10.7. The average molecular weight is 465 g/mol. The third kappa shape index (κ3) is 6.04. The Labute approximate surface area is 196 Å². The lowest BCUT2D eigenvalue weighted by Gasteiger charge is -2.17. The Balaban J connectivity index is 1.24. The van der Waals surface area contributed by atoms with Crippen LogP contribution in [-0.4, -0.2) is 39.6 Å². The maximum atomic E-state index is 13.1.